The normalized spacial score (nSPS) is 10.8. The Morgan fingerprint density at radius 1 is 1.32 bits per heavy atom. The first-order chi connectivity index (χ1) is 9.13. The van der Waals surface area contributed by atoms with E-state index in [9.17, 15) is 4.79 Å². The summed E-state index contributed by atoms with van der Waals surface area (Å²) in [6, 6.07) is 11.1. The Morgan fingerprint density at radius 2 is 2.05 bits per heavy atom. The summed E-state index contributed by atoms with van der Waals surface area (Å²) in [6.45, 7) is 1.39. The standard InChI is InChI=1S/C13H11ClN2O2S/c1-9(17)16-15-8-11-4-7-13(18-11)19-12-5-2-10(14)3-6-12/h2-8H,1H3,(H,16,17). The van der Waals surface area contributed by atoms with Crippen LogP contribution in [0.1, 0.15) is 12.7 Å². The second-order valence-electron chi connectivity index (χ2n) is 3.64. The molecule has 6 heteroatoms. The molecule has 0 unspecified atom stereocenters. The van der Waals surface area contributed by atoms with Crippen molar-refractivity contribution in [1.82, 2.24) is 5.43 Å². The zero-order chi connectivity index (χ0) is 13.7. The average Bonchev–Trinajstić information content (AvgIpc) is 2.79. The number of furan rings is 1. The Labute approximate surface area is 119 Å². The van der Waals surface area contributed by atoms with Crippen molar-refractivity contribution in [3.63, 3.8) is 0 Å². The molecule has 19 heavy (non-hydrogen) atoms. The average molecular weight is 295 g/mol. The molecule has 1 aromatic carbocycles. The summed E-state index contributed by atoms with van der Waals surface area (Å²) in [5.74, 6) is 0.351. The topological polar surface area (TPSA) is 54.6 Å². The van der Waals surface area contributed by atoms with Crippen LogP contribution in [0, 0.1) is 0 Å². The van der Waals surface area contributed by atoms with E-state index in [1.165, 1.54) is 24.9 Å². The highest BCUT2D eigenvalue weighted by Gasteiger charge is 2.03. The molecule has 1 amide bonds. The highest BCUT2D eigenvalue weighted by atomic mass is 35.5. The van der Waals surface area contributed by atoms with Gasteiger partial charge in [-0.05, 0) is 36.4 Å². The lowest BCUT2D eigenvalue weighted by molar-refractivity contribution is -0.118. The van der Waals surface area contributed by atoms with Gasteiger partial charge in [-0.15, -0.1) is 0 Å². The van der Waals surface area contributed by atoms with Crippen LogP contribution in [0.4, 0.5) is 0 Å². The van der Waals surface area contributed by atoms with E-state index in [2.05, 4.69) is 10.5 Å². The van der Waals surface area contributed by atoms with Crippen LogP contribution < -0.4 is 5.43 Å². The van der Waals surface area contributed by atoms with Gasteiger partial charge >= 0.3 is 0 Å². The molecule has 1 aromatic heterocycles. The van der Waals surface area contributed by atoms with E-state index in [0.29, 0.717) is 10.8 Å². The first kappa shape index (κ1) is 13.7. The van der Waals surface area contributed by atoms with Gasteiger partial charge in [0, 0.05) is 16.8 Å². The number of hydrogen-bond acceptors (Lipinski definition) is 4. The molecular formula is C13H11ClN2O2S. The molecule has 1 N–H and O–H groups in total. The largest absolute Gasteiger partial charge is 0.448 e. The molecule has 2 aromatic rings. The molecule has 0 fully saturated rings. The molecule has 1 heterocycles. The van der Waals surface area contributed by atoms with Gasteiger partial charge in [0.1, 0.15) is 5.76 Å². The van der Waals surface area contributed by atoms with Crippen molar-refractivity contribution < 1.29 is 9.21 Å². The van der Waals surface area contributed by atoms with E-state index in [1.54, 1.807) is 6.07 Å². The molecule has 0 saturated heterocycles. The van der Waals surface area contributed by atoms with Crippen molar-refractivity contribution >= 4 is 35.5 Å². The smallest absolute Gasteiger partial charge is 0.236 e. The van der Waals surface area contributed by atoms with Gasteiger partial charge in [-0.2, -0.15) is 5.10 Å². The van der Waals surface area contributed by atoms with Gasteiger partial charge in [-0.3, -0.25) is 4.79 Å². The third kappa shape index (κ3) is 4.46. The van der Waals surface area contributed by atoms with Crippen molar-refractivity contribution in [3.05, 3.63) is 47.2 Å². The van der Waals surface area contributed by atoms with Gasteiger partial charge in [0.05, 0.1) is 6.21 Å². The minimum Gasteiger partial charge on any atom is -0.448 e. The lowest BCUT2D eigenvalue weighted by Crippen LogP contribution is -2.12. The van der Waals surface area contributed by atoms with E-state index in [1.807, 2.05) is 30.3 Å². The van der Waals surface area contributed by atoms with Gasteiger partial charge < -0.3 is 4.42 Å². The minimum absolute atomic E-state index is 0.224. The fraction of sp³-hybridized carbons (Fsp3) is 0.0769. The fourth-order valence-corrected chi connectivity index (χ4v) is 2.17. The maximum Gasteiger partial charge on any atom is 0.236 e. The Kier molecular flexibility index (Phi) is 4.65. The van der Waals surface area contributed by atoms with E-state index in [0.717, 1.165) is 9.99 Å². The van der Waals surface area contributed by atoms with Gasteiger partial charge in [0.15, 0.2) is 5.09 Å². The van der Waals surface area contributed by atoms with Crippen molar-refractivity contribution in [2.24, 2.45) is 5.10 Å². The van der Waals surface area contributed by atoms with E-state index in [-0.39, 0.29) is 5.91 Å². The summed E-state index contributed by atoms with van der Waals surface area (Å²) >= 11 is 7.30. The van der Waals surface area contributed by atoms with Crippen LogP contribution >= 0.6 is 23.4 Å². The van der Waals surface area contributed by atoms with Gasteiger partial charge in [-0.1, -0.05) is 23.4 Å². The summed E-state index contributed by atoms with van der Waals surface area (Å²) in [6.07, 6.45) is 1.45. The molecule has 0 atom stereocenters. The molecule has 0 aliphatic carbocycles. The van der Waals surface area contributed by atoms with Crippen LogP contribution in [0.15, 0.2) is 55.9 Å². The second-order valence-corrected chi connectivity index (χ2v) is 5.15. The number of hydrazone groups is 1. The number of benzene rings is 1. The van der Waals surface area contributed by atoms with E-state index < -0.39 is 0 Å². The summed E-state index contributed by atoms with van der Waals surface area (Å²) in [4.78, 5) is 11.7. The van der Waals surface area contributed by atoms with Crippen LogP contribution in [0.5, 0.6) is 0 Å². The Bertz CT molecular complexity index is 593. The van der Waals surface area contributed by atoms with Gasteiger partial charge in [0.2, 0.25) is 5.91 Å². The molecule has 0 radical (unpaired) electrons. The number of nitrogens with one attached hydrogen (secondary N) is 1. The maximum atomic E-state index is 10.6. The lowest BCUT2D eigenvalue weighted by atomic mass is 10.4. The predicted octanol–water partition coefficient (Wildman–Crippen LogP) is 3.55. The van der Waals surface area contributed by atoms with Crippen LogP contribution in [0.25, 0.3) is 0 Å². The second kappa shape index (κ2) is 6.45. The molecule has 0 spiro atoms. The molecule has 0 aliphatic rings. The van der Waals surface area contributed by atoms with Crippen LogP contribution in [0.3, 0.4) is 0 Å². The SMILES string of the molecule is CC(=O)NN=Cc1ccc(Sc2ccc(Cl)cc2)o1. The Morgan fingerprint density at radius 3 is 2.74 bits per heavy atom. The Hall–Kier alpha value is -1.72. The van der Waals surface area contributed by atoms with Crippen molar-refractivity contribution in [3.8, 4) is 0 Å². The first-order valence-corrected chi connectivity index (χ1v) is 6.66. The number of carbonyl (C=O) groups is 1. The molecule has 98 valence electrons. The van der Waals surface area contributed by atoms with E-state index in [4.69, 9.17) is 16.0 Å². The van der Waals surface area contributed by atoms with Crippen LogP contribution in [-0.4, -0.2) is 12.1 Å². The number of hydrogen-bond donors (Lipinski definition) is 1. The molecule has 0 saturated carbocycles. The first-order valence-electron chi connectivity index (χ1n) is 5.46. The molecule has 0 aliphatic heterocycles. The molecule has 2 rings (SSSR count). The van der Waals surface area contributed by atoms with Crippen LogP contribution in [0.2, 0.25) is 5.02 Å². The minimum atomic E-state index is -0.224. The van der Waals surface area contributed by atoms with Crippen molar-refractivity contribution in [1.29, 1.82) is 0 Å². The zero-order valence-corrected chi connectivity index (χ0v) is 11.7. The summed E-state index contributed by atoms with van der Waals surface area (Å²) in [5, 5.41) is 5.17. The van der Waals surface area contributed by atoms with Gasteiger partial charge in [-0.25, -0.2) is 5.43 Å². The number of halogens is 1. The Balaban J connectivity index is 1.99. The van der Waals surface area contributed by atoms with Crippen molar-refractivity contribution in [2.45, 2.75) is 16.9 Å². The number of amides is 1. The van der Waals surface area contributed by atoms with Crippen LogP contribution in [-0.2, 0) is 4.79 Å². The number of nitrogens with zero attached hydrogens (tertiary/aromatic N) is 1. The fourth-order valence-electron chi connectivity index (χ4n) is 1.26. The molecule has 0 bridgehead atoms. The zero-order valence-electron chi connectivity index (χ0n) is 10.1. The predicted molar refractivity (Wildman–Crippen MR) is 75.7 cm³/mol. The van der Waals surface area contributed by atoms with Crippen molar-refractivity contribution in [2.75, 3.05) is 0 Å². The third-order valence-electron chi connectivity index (χ3n) is 2.05. The highest BCUT2D eigenvalue weighted by molar-refractivity contribution is 7.99. The quantitative estimate of drug-likeness (QED) is 0.693. The number of rotatable bonds is 4. The number of carbonyl (C=O) groups excluding carboxylic acids is 1. The van der Waals surface area contributed by atoms with E-state index >= 15 is 0 Å². The van der Waals surface area contributed by atoms with Gasteiger partial charge in [0.25, 0.3) is 0 Å². The molecular weight excluding hydrogens is 284 g/mol. The summed E-state index contributed by atoms with van der Waals surface area (Å²) in [7, 11) is 0. The summed E-state index contributed by atoms with van der Waals surface area (Å²) < 4.78 is 5.53. The highest BCUT2D eigenvalue weighted by Crippen LogP contribution is 2.29. The monoisotopic (exact) mass is 294 g/mol. The lowest BCUT2D eigenvalue weighted by Gasteiger charge is -1.97. The third-order valence-corrected chi connectivity index (χ3v) is 3.23. The maximum absolute atomic E-state index is 10.6. The molecule has 4 nitrogen and oxygen atoms in total. The summed E-state index contributed by atoms with van der Waals surface area (Å²) in [5.41, 5.74) is 2.31.